The fraction of sp³-hybridized carbons (Fsp3) is 0.909. The highest BCUT2D eigenvalue weighted by Gasteiger charge is 2.64. The van der Waals surface area contributed by atoms with Gasteiger partial charge in [-0.1, -0.05) is 0 Å². The summed E-state index contributed by atoms with van der Waals surface area (Å²) in [6.45, 7) is 0. The summed E-state index contributed by atoms with van der Waals surface area (Å²) in [4.78, 5) is 4.58. The van der Waals surface area contributed by atoms with E-state index in [1.807, 2.05) is 0 Å². The summed E-state index contributed by atoms with van der Waals surface area (Å²) in [6.07, 6.45) is 8.85. The third-order valence-electron chi connectivity index (χ3n) is 4.97. The highest BCUT2D eigenvalue weighted by atomic mass is 15.1. The van der Waals surface area contributed by atoms with Gasteiger partial charge in [-0.15, -0.1) is 0 Å². The smallest absolute Gasteiger partial charge is 0.101 e. The molecule has 13 heavy (non-hydrogen) atoms. The molecule has 0 aromatic rings. The SMILES string of the molecule is NC12CC3CC(C1)C1(C=N1)C(C3)C2. The zero-order chi connectivity index (χ0) is 8.68. The fourth-order valence-corrected chi connectivity index (χ4v) is 4.57. The third kappa shape index (κ3) is 0.687. The molecule has 0 aromatic heterocycles. The first kappa shape index (κ1) is 6.99. The Hall–Kier alpha value is -0.370. The molecule has 2 nitrogen and oxygen atoms in total. The van der Waals surface area contributed by atoms with Crippen molar-refractivity contribution in [1.82, 2.24) is 0 Å². The van der Waals surface area contributed by atoms with Crippen LogP contribution < -0.4 is 5.73 Å². The summed E-state index contributed by atoms with van der Waals surface area (Å²) in [5, 5.41) is 0. The largest absolute Gasteiger partial charge is 0.325 e. The molecule has 70 valence electrons. The van der Waals surface area contributed by atoms with Crippen molar-refractivity contribution in [3.63, 3.8) is 0 Å². The van der Waals surface area contributed by atoms with Gasteiger partial charge < -0.3 is 5.73 Å². The Labute approximate surface area is 78.6 Å². The van der Waals surface area contributed by atoms with Crippen LogP contribution in [0.1, 0.15) is 32.1 Å². The maximum atomic E-state index is 6.41. The normalized spacial score (nSPS) is 66.4. The summed E-state index contributed by atoms with van der Waals surface area (Å²) in [6, 6.07) is 0. The van der Waals surface area contributed by atoms with E-state index in [1.54, 1.807) is 0 Å². The molecule has 0 amide bonds. The van der Waals surface area contributed by atoms with E-state index >= 15 is 0 Å². The number of hydrogen-bond acceptors (Lipinski definition) is 2. The van der Waals surface area contributed by atoms with E-state index in [0.29, 0.717) is 5.54 Å². The van der Waals surface area contributed by atoms with Crippen molar-refractivity contribution in [1.29, 1.82) is 0 Å². The van der Waals surface area contributed by atoms with Crippen molar-refractivity contribution in [3.05, 3.63) is 0 Å². The zero-order valence-electron chi connectivity index (χ0n) is 7.87. The van der Waals surface area contributed by atoms with Gasteiger partial charge in [-0.2, -0.15) is 0 Å². The molecule has 2 unspecified atom stereocenters. The number of rotatable bonds is 0. The second kappa shape index (κ2) is 1.72. The summed E-state index contributed by atoms with van der Waals surface area (Å²) in [5.41, 5.74) is 6.98. The Bertz CT molecular complexity index is 283. The lowest BCUT2D eigenvalue weighted by Crippen LogP contribution is -2.62. The molecule has 5 aliphatic rings. The van der Waals surface area contributed by atoms with Gasteiger partial charge in [-0.25, -0.2) is 0 Å². The second-order valence-corrected chi connectivity index (χ2v) is 5.85. The van der Waals surface area contributed by atoms with Crippen LogP contribution in [0.15, 0.2) is 4.99 Å². The summed E-state index contributed by atoms with van der Waals surface area (Å²) in [5.74, 6) is 2.59. The molecule has 4 saturated carbocycles. The van der Waals surface area contributed by atoms with E-state index in [2.05, 4.69) is 11.2 Å². The molecular formula is C11H16N2. The second-order valence-electron chi connectivity index (χ2n) is 5.85. The monoisotopic (exact) mass is 176 g/mol. The molecule has 1 aliphatic heterocycles. The first-order chi connectivity index (χ1) is 6.20. The maximum absolute atomic E-state index is 6.41. The number of nitrogens with two attached hydrogens (primary N) is 1. The van der Waals surface area contributed by atoms with Gasteiger partial charge in [0.25, 0.3) is 0 Å². The molecule has 4 fully saturated rings. The third-order valence-corrected chi connectivity index (χ3v) is 4.97. The van der Waals surface area contributed by atoms with Gasteiger partial charge in [0.05, 0.1) is 0 Å². The Morgan fingerprint density at radius 2 is 1.77 bits per heavy atom. The van der Waals surface area contributed by atoms with E-state index in [0.717, 1.165) is 17.8 Å². The molecule has 4 aliphatic carbocycles. The van der Waals surface area contributed by atoms with E-state index in [4.69, 9.17) is 5.73 Å². The summed E-state index contributed by atoms with van der Waals surface area (Å²) < 4.78 is 0. The van der Waals surface area contributed by atoms with E-state index < -0.39 is 0 Å². The lowest BCUT2D eigenvalue weighted by atomic mass is 9.48. The van der Waals surface area contributed by atoms with Crippen molar-refractivity contribution in [2.45, 2.75) is 43.2 Å². The van der Waals surface area contributed by atoms with Gasteiger partial charge >= 0.3 is 0 Å². The van der Waals surface area contributed by atoms with Crippen LogP contribution in [0.5, 0.6) is 0 Å². The lowest BCUT2D eigenvalue weighted by molar-refractivity contribution is -0.0244. The van der Waals surface area contributed by atoms with Gasteiger partial charge in [0, 0.05) is 11.8 Å². The quantitative estimate of drug-likeness (QED) is 0.594. The van der Waals surface area contributed by atoms with Crippen molar-refractivity contribution >= 4 is 6.21 Å². The summed E-state index contributed by atoms with van der Waals surface area (Å²) in [7, 11) is 0. The maximum Gasteiger partial charge on any atom is 0.101 e. The van der Waals surface area contributed by atoms with E-state index in [9.17, 15) is 0 Å². The van der Waals surface area contributed by atoms with Gasteiger partial charge in [0.1, 0.15) is 5.54 Å². The highest BCUT2D eigenvalue weighted by molar-refractivity contribution is 5.86. The first-order valence-electron chi connectivity index (χ1n) is 5.55. The number of hydrogen-bond donors (Lipinski definition) is 1. The van der Waals surface area contributed by atoms with Crippen LogP contribution in [0.4, 0.5) is 0 Å². The van der Waals surface area contributed by atoms with Crippen LogP contribution in [-0.2, 0) is 0 Å². The minimum Gasteiger partial charge on any atom is -0.325 e. The number of aliphatic imine (C=N–C) groups is 1. The minimum atomic E-state index is 0.216. The molecule has 5 rings (SSSR count). The van der Waals surface area contributed by atoms with Crippen molar-refractivity contribution in [3.8, 4) is 0 Å². The van der Waals surface area contributed by atoms with Crippen molar-refractivity contribution in [2.75, 3.05) is 0 Å². The standard InChI is InChI=1S/C11H16N2/c12-10-3-7-1-8(4-10)11(6-13-11)9(2-7)5-10/h6-9H,1-5,12H2. The number of nitrogens with zero attached hydrogens (tertiary/aromatic N) is 1. The van der Waals surface area contributed by atoms with E-state index in [-0.39, 0.29) is 5.54 Å². The lowest BCUT2D eigenvalue weighted by Gasteiger charge is -2.58. The van der Waals surface area contributed by atoms with Gasteiger partial charge in [0.15, 0.2) is 0 Å². The van der Waals surface area contributed by atoms with Crippen molar-refractivity contribution in [2.24, 2.45) is 28.5 Å². The van der Waals surface area contributed by atoms with Crippen LogP contribution in [0.25, 0.3) is 0 Å². The predicted molar refractivity (Wildman–Crippen MR) is 51.7 cm³/mol. The Kier molecular flexibility index (Phi) is 0.926. The van der Waals surface area contributed by atoms with Gasteiger partial charge in [-0.3, -0.25) is 4.99 Å². The Balaban J connectivity index is 1.79. The van der Waals surface area contributed by atoms with Crippen molar-refractivity contribution < 1.29 is 0 Å². The fourth-order valence-electron chi connectivity index (χ4n) is 4.57. The van der Waals surface area contributed by atoms with Crippen LogP contribution in [0, 0.1) is 17.8 Å². The van der Waals surface area contributed by atoms with Crippen LogP contribution in [-0.4, -0.2) is 17.3 Å². The van der Waals surface area contributed by atoms with Crippen LogP contribution in [0.3, 0.4) is 0 Å². The Morgan fingerprint density at radius 3 is 2.23 bits per heavy atom. The Morgan fingerprint density at radius 1 is 1.15 bits per heavy atom. The molecule has 2 heteroatoms. The van der Waals surface area contributed by atoms with Gasteiger partial charge in [-0.05, 0) is 49.9 Å². The average molecular weight is 176 g/mol. The molecule has 1 heterocycles. The molecule has 4 bridgehead atoms. The average Bonchev–Trinajstić information content (AvgIpc) is 2.77. The van der Waals surface area contributed by atoms with E-state index in [1.165, 1.54) is 32.1 Å². The molecular weight excluding hydrogens is 160 g/mol. The summed E-state index contributed by atoms with van der Waals surface area (Å²) >= 11 is 0. The zero-order valence-corrected chi connectivity index (χ0v) is 7.87. The molecule has 2 atom stereocenters. The van der Waals surface area contributed by atoms with Crippen LogP contribution >= 0.6 is 0 Å². The predicted octanol–water partition coefficient (Wildman–Crippen LogP) is 1.35. The van der Waals surface area contributed by atoms with Gasteiger partial charge in [0.2, 0.25) is 0 Å². The van der Waals surface area contributed by atoms with Crippen LogP contribution in [0.2, 0.25) is 0 Å². The highest BCUT2D eigenvalue weighted by Crippen LogP contribution is 2.62. The molecule has 0 saturated heterocycles. The topological polar surface area (TPSA) is 38.4 Å². The first-order valence-corrected chi connectivity index (χ1v) is 5.55. The molecule has 0 aromatic carbocycles. The molecule has 0 radical (unpaired) electrons. The molecule has 2 N–H and O–H groups in total. The molecule has 1 spiro atoms. The minimum absolute atomic E-state index is 0.216.